The second-order valence-electron chi connectivity index (χ2n) is 3.89. The fourth-order valence-corrected chi connectivity index (χ4v) is 2.99. The molecule has 0 spiro atoms. The van der Waals surface area contributed by atoms with Gasteiger partial charge in [-0.15, -0.1) is 0 Å². The van der Waals surface area contributed by atoms with Crippen molar-refractivity contribution in [2.75, 3.05) is 30.0 Å². The van der Waals surface area contributed by atoms with Crippen LogP contribution in [0.2, 0.25) is 0 Å². The molecule has 17 heavy (non-hydrogen) atoms. The first kappa shape index (κ1) is 12.3. The zero-order valence-corrected chi connectivity index (χ0v) is 10.8. The lowest BCUT2D eigenvalue weighted by molar-refractivity contribution is 0.328. The van der Waals surface area contributed by atoms with Gasteiger partial charge in [-0.25, -0.2) is 4.98 Å². The van der Waals surface area contributed by atoms with Gasteiger partial charge < -0.3 is 15.8 Å². The van der Waals surface area contributed by atoms with Gasteiger partial charge in [-0.3, -0.25) is 0 Å². The Morgan fingerprint density at radius 3 is 3.18 bits per heavy atom. The van der Waals surface area contributed by atoms with Gasteiger partial charge in [0, 0.05) is 11.8 Å². The second-order valence-corrected chi connectivity index (χ2v) is 5.30. The first-order chi connectivity index (χ1) is 8.31. The van der Waals surface area contributed by atoms with Crippen molar-refractivity contribution in [2.45, 2.75) is 25.0 Å². The molecule has 5 nitrogen and oxygen atoms in total. The van der Waals surface area contributed by atoms with E-state index in [1.165, 1.54) is 24.9 Å². The number of thioether (sulfide) groups is 1. The summed E-state index contributed by atoms with van der Waals surface area (Å²) in [6, 6.07) is 0. The summed E-state index contributed by atoms with van der Waals surface area (Å²) < 4.78 is 5.33. The number of rotatable bonds is 5. The molecule has 1 fully saturated rings. The molecule has 1 unspecified atom stereocenters. The topological polar surface area (TPSA) is 73.1 Å². The van der Waals surface area contributed by atoms with Crippen molar-refractivity contribution >= 4 is 23.3 Å². The van der Waals surface area contributed by atoms with Gasteiger partial charge in [-0.05, 0) is 25.5 Å². The van der Waals surface area contributed by atoms with Crippen LogP contribution in [-0.4, -0.2) is 34.1 Å². The maximum Gasteiger partial charge on any atom is 0.242 e. The molecular formula is C11H18N4OS. The maximum absolute atomic E-state index is 5.93. The van der Waals surface area contributed by atoms with Crippen molar-refractivity contribution in [3.05, 3.63) is 6.33 Å². The Kier molecular flexibility index (Phi) is 4.30. The van der Waals surface area contributed by atoms with Crippen LogP contribution in [0.25, 0.3) is 0 Å². The van der Waals surface area contributed by atoms with Crippen LogP contribution < -0.4 is 15.8 Å². The molecular weight excluding hydrogens is 236 g/mol. The smallest absolute Gasteiger partial charge is 0.242 e. The summed E-state index contributed by atoms with van der Waals surface area (Å²) in [6.07, 6.45) is 4.05. The Labute approximate surface area is 106 Å². The van der Waals surface area contributed by atoms with Crippen LogP contribution in [0.3, 0.4) is 0 Å². The molecule has 2 rings (SSSR count). The van der Waals surface area contributed by atoms with Crippen molar-refractivity contribution < 1.29 is 4.74 Å². The number of aromatic nitrogens is 2. The molecule has 0 radical (unpaired) electrons. The van der Waals surface area contributed by atoms with E-state index in [9.17, 15) is 0 Å². The average molecular weight is 254 g/mol. The fourth-order valence-electron chi connectivity index (χ4n) is 1.79. The minimum absolute atomic E-state index is 0.462. The number of nitrogens with zero attached hydrogens (tertiary/aromatic N) is 2. The van der Waals surface area contributed by atoms with Crippen LogP contribution >= 0.6 is 11.8 Å². The van der Waals surface area contributed by atoms with Crippen molar-refractivity contribution in [2.24, 2.45) is 0 Å². The first-order valence-corrected chi connectivity index (χ1v) is 6.95. The largest absolute Gasteiger partial charge is 0.476 e. The van der Waals surface area contributed by atoms with Crippen LogP contribution in [0.1, 0.15) is 19.8 Å². The molecule has 1 saturated heterocycles. The van der Waals surface area contributed by atoms with Crippen LogP contribution in [0, 0.1) is 0 Å². The highest BCUT2D eigenvalue weighted by molar-refractivity contribution is 8.00. The van der Waals surface area contributed by atoms with Gasteiger partial charge in [0.25, 0.3) is 0 Å². The maximum atomic E-state index is 5.93. The van der Waals surface area contributed by atoms with E-state index in [2.05, 4.69) is 15.3 Å². The predicted molar refractivity (Wildman–Crippen MR) is 71.6 cm³/mol. The summed E-state index contributed by atoms with van der Waals surface area (Å²) in [5.74, 6) is 2.40. The van der Waals surface area contributed by atoms with Crippen LogP contribution in [0.4, 0.5) is 11.5 Å². The van der Waals surface area contributed by atoms with Crippen molar-refractivity contribution in [1.82, 2.24) is 9.97 Å². The first-order valence-electron chi connectivity index (χ1n) is 5.90. The molecule has 1 aromatic rings. The highest BCUT2D eigenvalue weighted by Crippen LogP contribution is 2.28. The molecule has 0 aliphatic carbocycles. The Bertz CT molecular complexity index is 368. The van der Waals surface area contributed by atoms with E-state index in [-0.39, 0.29) is 0 Å². The van der Waals surface area contributed by atoms with Crippen molar-refractivity contribution in [3.8, 4) is 5.88 Å². The summed E-state index contributed by atoms with van der Waals surface area (Å²) in [5.41, 5.74) is 6.43. The molecule has 1 aliphatic rings. The third kappa shape index (κ3) is 3.15. The number of hydrogen-bond donors (Lipinski definition) is 2. The average Bonchev–Trinajstić information content (AvgIpc) is 2.83. The van der Waals surface area contributed by atoms with Crippen LogP contribution in [0.15, 0.2) is 6.33 Å². The van der Waals surface area contributed by atoms with E-state index in [1.54, 1.807) is 0 Å². The zero-order chi connectivity index (χ0) is 12.1. The Hall–Kier alpha value is -1.17. The van der Waals surface area contributed by atoms with Gasteiger partial charge in [-0.1, -0.05) is 0 Å². The van der Waals surface area contributed by atoms with E-state index in [4.69, 9.17) is 10.5 Å². The third-order valence-corrected chi connectivity index (χ3v) is 4.05. The van der Waals surface area contributed by atoms with E-state index in [0.29, 0.717) is 29.2 Å². The normalized spacial score (nSPS) is 19.2. The molecule has 6 heteroatoms. The molecule has 1 atom stereocenters. The van der Waals surface area contributed by atoms with Gasteiger partial charge >= 0.3 is 0 Å². The fraction of sp³-hybridized carbons (Fsp3) is 0.636. The lowest BCUT2D eigenvalue weighted by Gasteiger charge is -2.13. The van der Waals surface area contributed by atoms with E-state index >= 15 is 0 Å². The number of anilines is 2. The van der Waals surface area contributed by atoms with Crippen molar-refractivity contribution in [3.63, 3.8) is 0 Å². The van der Waals surface area contributed by atoms with Crippen molar-refractivity contribution in [1.29, 1.82) is 0 Å². The third-order valence-electron chi connectivity index (χ3n) is 2.65. The van der Waals surface area contributed by atoms with Gasteiger partial charge in [0.2, 0.25) is 5.88 Å². The van der Waals surface area contributed by atoms with Gasteiger partial charge in [0.15, 0.2) is 5.82 Å². The van der Waals surface area contributed by atoms with Gasteiger partial charge in [0.05, 0.1) is 6.61 Å². The lowest BCUT2D eigenvalue weighted by Crippen LogP contribution is -2.16. The molecule has 3 N–H and O–H groups in total. The molecule has 1 aromatic heterocycles. The summed E-state index contributed by atoms with van der Waals surface area (Å²) in [4.78, 5) is 8.15. The van der Waals surface area contributed by atoms with Gasteiger partial charge in [-0.2, -0.15) is 16.7 Å². The molecule has 0 aromatic carbocycles. The Morgan fingerprint density at radius 1 is 1.59 bits per heavy atom. The Morgan fingerprint density at radius 2 is 2.47 bits per heavy atom. The number of ether oxygens (including phenoxy) is 1. The molecule has 2 heterocycles. The molecule has 0 bridgehead atoms. The molecule has 0 amide bonds. The molecule has 0 saturated carbocycles. The SMILES string of the molecule is CCOc1ncnc(NCC2CCCS2)c1N. The highest BCUT2D eigenvalue weighted by Gasteiger charge is 2.16. The van der Waals surface area contributed by atoms with Crippen LogP contribution in [-0.2, 0) is 0 Å². The summed E-state index contributed by atoms with van der Waals surface area (Å²) in [6.45, 7) is 3.36. The number of nitrogens with two attached hydrogens (primary N) is 1. The second kappa shape index (κ2) is 5.95. The Balaban J connectivity index is 1.97. The lowest BCUT2D eigenvalue weighted by atomic mass is 10.2. The summed E-state index contributed by atoms with van der Waals surface area (Å²) in [7, 11) is 0. The minimum Gasteiger partial charge on any atom is -0.476 e. The standard InChI is InChI=1S/C11H18N4OS/c1-2-16-11-9(12)10(14-7-15-11)13-6-8-4-3-5-17-8/h7-8H,2-6,12H2,1H3,(H,13,14,15). The van der Waals surface area contributed by atoms with Gasteiger partial charge in [0.1, 0.15) is 12.0 Å². The van der Waals surface area contributed by atoms with E-state index in [1.807, 2.05) is 18.7 Å². The summed E-state index contributed by atoms with van der Waals surface area (Å²) >= 11 is 2.00. The number of nitrogen functional groups attached to an aromatic ring is 1. The minimum atomic E-state index is 0.462. The van der Waals surface area contributed by atoms with E-state index < -0.39 is 0 Å². The zero-order valence-electron chi connectivity index (χ0n) is 9.98. The molecule has 1 aliphatic heterocycles. The molecule has 94 valence electrons. The predicted octanol–water partition coefficient (Wildman–Crippen LogP) is 1.76. The van der Waals surface area contributed by atoms with Crippen LogP contribution in [0.5, 0.6) is 5.88 Å². The summed E-state index contributed by atoms with van der Waals surface area (Å²) in [5, 5.41) is 3.94. The number of hydrogen-bond acceptors (Lipinski definition) is 6. The van der Waals surface area contributed by atoms with E-state index in [0.717, 1.165) is 6.54 Å². The monoisotopic (exact) mass is 254 g/mol. The highest BCUT2D eigenvalue weighted by atomic mass is 32.2. The number of nitrogens with one attached hydrogen (secondary N) is 1. The quantitative estimate of drug-likeness (QED) is 0.834.